The van der Waals surface area contributed by atoms with Crippen LogP contribution in [0.25, 0.3) is 12.2 Å². The first-order valence-electron chi connectivity index (χ1n) is 6.52. The molecule has 0 fully saturated rings. The lowest BCUT2D eigenvalue weighted by Gasteiger charge is -2.29. The molecule has 0 atom stereocenters. The molecule has 3 rings (SSSR count). The summed E-state index contributed by atoms with van der Waals surface area (Å²) < 4.78 is 0. The third-order valence-electron chi connectivity index (χ3n) is 3.82. The first-order valence-corrected chi connectivity index (χ1v) is 6.52. The number of benzene rings is 2. The lowest BCUT2D eigenvalue weighted by molar-refractivity contribution is 0.520. The predicted molar refractivity (Wildman–Crippen MR) is 78.5 cm³/mol. The molecule has 0 N–H and O–H groups in total. The van der Waals surface area contributed by atoms with Crippen molar-refractivity contribution < 1.29 is 0 Å². The molecule has 0 aromatic heterocycles. The smallest absolute Gasteiger partial charge is 0.00571 e. The Morgan fingerprint density at radius 1 is 0.778 bits per heavy atom. The van der Waals surface area contributed by atoms with Crippen LogP contribution in [-0.4, -0.2) is 0 Å². The van der Waals surface area contributed by atoms with Crippen LogP contribution in [0.15, 0.2) is 48.5 Å². The molecule has 0 heteroatoms. The van der Waals surface area contributed by atoms with Crippen molar-refractivity contribution >= 4 is 12.2 Å². The average molecular weight is 234 g/mol. The molecule has 18 heavy (non-hydrogen) atoms. The molecular formula is C18H18. The minimum atomic E-state index is 0.178. The summed E-state index contributed by atoms with van der Waals surface area (Å²) >= 11 is 0. The zero-order valence-electron chi connectivity index (χ0n) is 11.0. The lowest BCUT2D eigenvalue weighted by atomic mass is 9.75. The second kappa shape index (κ2) is 4.13. The number of fused-ring (bicyclic) bond motifs is 2. The Labute approximate surface area is 109 Å². The van der Waals surface area contributed by atoms with Crippen molar-refractivity contribution in [3.63, 3.8) is 0 Å². The van der Waals surface area contributed by atoms with E-state index in [9.17, 15) is 0 Å². The van der Waals surface area contributed by atoms with Gasteiger partial charge in [-0.2, -0.15) is 0 Å². The van der Waals surface area contributed by atoms with E-state index in [1.165, 1.54) is 22.3 Å². The number of rotatable bonds is 0. The number of hydrogen-bond acceptors (Lipinski definition) is 0. The van der Waals surface area contributed by atoms with Gasteiger partial charge < -0.3 is 0 Å². The summed E-state index contributed by atoms with van der Waals surface area (Å²) in [6.45, 7) is 4.67. The molecule has 0 radical (unpaired) electrons. The van der Waals surface area contributed by atoms with E-state index >= 15 is 0 Å². The highest BCUT2D eigenvalue weighted by atomic mass is 14.3. The topological polar surface area (TPSA) is 0 Å². The van der Waals surface area contributed by atoms with Crippen LogP contribution in [0, 0.1) is 0 Å². The van der Waals surface area contributed by atoms with Crippen LogP contribution in [-0.2, 0) is 11.8 Å². The minimum absolute atomic E-state index is 0.178. The van der Waals surface area contributed by atoms with Gasteiger partial charge in [-0.05, 0) is 34.1 Å². The number of hydrogen-bond donors (Lipinski definition) is 0. The maximum Gasteiger partial charge on any atom is -0.00571 e. The van der Waals surface area contributed by atoms with E-state index in [2.05, 4.69) is 74.5 Å². The zero-order valence-corrected chi connectivity index (χ0v) is 11.0. The molecule has 0 nitrogen and oxygen atoms in total. The van der Waals surface area contributed by atoms with Crippen molar-refractivity contribution in [2.24, 2.45) is 0 Å². The van der Waals surface area contributed by atoms with Crippen LogP contribution < -0.4 is 0 Å². The maximum absolute atomic E-state index is 2.34. The van der Waals surface area contributed by atoms with Gasteiger partial charge in [0.2, 0.25) is 0 Å². The van der Waals surface area contributed by atoms with E-state index in [1.807, 2.05) is 0 Å². The monoisotopic (exact) mass is 234 g/mol. The van der Waals surface area contributed by atoms with Gasteiger partial charge in [0.25, 0.3) is 0 Å². The molecule has 0 saturated heterocycles. The Morgan fingerprint density at radius 3 is 2.22 bits per heavy atom. The summed E-state index contributed by atoms with van der Waals surface area (Å²) in [7, 11) is 0. The van der Waals surface area contributed by atoms with Crippen LogP contribution in [0.5, 0.6) is 0 Å². The van der Waals surface area contributed by atoms with Crippen molar-refractivity contribution in [3.05, 3.63) is 70.8 Å². The fraction of sp³-hybridized carbons (Fsp3) is 0.222. The van der Waals surface area contributed by atoms with Crippen molar-refractivity contribution in [2.75, 3.05) is 0 Å². The van der Waals surface area contributed by atoms with Crippen molar-refractivity contribution in [1.29, 1.82) is 0 Å². The molecule has 0 spiro atoms. The van der Waals surface area contributed by atoms with Crippen LogP contribution in [0.2, 0.25) is 0 Å². The molecular weight excluding hydrogens is 216 g/mol. The average Bonchev–Trinajstić information content (AvgIpc) is 2.36. The second-order valence-corrected chi connectivity index (χ2v) is 5.68. The Bertz CT molecular complexity index is 603. The van der Waals surface area contributed by atoms with Gasteiger partial charge in [-0.15, -0.1) is 0 Å². The molecule has 2 aromatic rings. The molecule has 90 valence electrons. The highest BCUT2D eigenvalue weighted by Crippen LogP contribution is 2.34. The van der Waals surface area contributed by atoms with E-state index < -0.39 is 0 Å². The second-order valence-electron chi connectivity index (χ2n) is 5.68. The fourth-order valence-electron chi connectivity index (χ4n) is 2.87. The van der Waals surface area contributed by atoms with Crippen LogP contribution in [0.3, 0.4) is 0 Å². The van der Waals surface area contributed by atoms with Gasteiger partial charge in [0.05, 0.1) is 0 Å². The zero-order chi connectivity index (χ0) is 12.6. The molecule has 0 aliphatic heterocycles. The third kappa shape index (κ3) is 1.88. The Kier molecular flexibility index (Phi) is 2.59. The molecule has 0 bridgehead atoms. The SMILES string of the molecule is CC1(C)Cc2ccccc2/C=C\c2ccccc21. The largest absolute Gasteiger partial charge is 0.0620 e. The first kappa shape index (κ1) is 11.3. The Hall–Kier alpha value is -1.82. The Balaban J connectivity index is 2.22. The molecule has 0 saturated carbocycles. The van der Waals surface area contributed by atoms with E-state index in [0.717, 1.165) is 6.42 Å². The van der Waals surface area contributed by atoms with Gasteiger partial charge >= 0.3 is 0 Å². The van der Waals surface area contributed by atoms with Crippen LogP contribution in [0.1, 0.15) is 36.1 Å². The molecule has 0 unspecified atom stereocenters. The third-order valence-corrected chi connectivity index (χ3v) is 3.82. The maximum atomic E-state index is 2.34. The van der Waals surface area contributed by atoms with Gasteiger partial charge in [0.15, 0.2) is 0 Å². The standard InChI is InChI=1S/C18H18/c1-18(2)13-16-9-4-3-7-14(16)11-12-15-8-5-6-10-17(15)18/h3-12H,13H2,1-2H3/b12-11-. The van der Waals surface area contributed by atoms with Crippen LogP contribution in [0.4, 0.5) is 0 Å². The summed E-state index contributed by atoms with van der Waals surface area (Å²) in [5.74, 6) is 0. The van der Waals surface area contributed by atoms with E-state index in [0.29, 0.717) is 0 Å². The van der Waals surface area contributed by atoms with Gasteiger partial charge in [-0.25, -0.2) is 0 Å². The molecule has 1 aliphatic carbocycles. The van der Waals surface area contributed by atoms with Crippen molar-refractivity contribution in [2.45, 2.75) is 25.7 Å². The van der Waals surface area contributed by atoms with E-state index in [1.54, 1.807) is 0 Å². The first-order chi connectivity index (χ1) is 8.67. The predicted octanol–water partition coefficient (Wildman–Crippen LogP) is 4.69. The quantitative estimate of drug-likeness (QED) is 0.620. The highest BCUT2D eigenvalue weighted by Gasteiger charge is 2.25. The summed E-state index contributed by atoms with van der Waals surface area (Å²) in [6.07, 6.45) is 5.57. The fourth-order valence-corrected chi connectivity index (χ4v) is 2.87. The highest BCUT2D eigenvalue weighted by molar-refractivity contribution is 5.74. The van der Waals surface area contributed by atoms with Gasteiger partial charge in [-0.3, -0.25) is 0 Å². The minimum Gasteiger partial charge on any atom is -0.0620 e. The summed E-state index contributed by atoms with van der Waals surface area (Å²) in [6, 6.07) is 17.4. The van der Waals surface area contributed by atoms with Crippen molar-refractivity contribution in [1.82, 2.24) is 0 Å². The molecule has 0 heterocycles. The lowest BCUT2D eigenvalue weighted by Crippen LogP contribution is -2.22. The van der Waals surface area contributed by atoms with E-state index in [4.69, 9.17) is 0 Å². The normalized spacial score (nSPS) is 18.1. The van der Waals surface area contributed by atoms with Gasteiger partial charge in [0, 0.05) is 0 Å². The summed E-state index contributed by atoms with van der Waals surface area (Å²) in [5, 5.41) is 0. The van der Waals surface area contributed by atoms with Gasteiger partial charge in [-0.1, -0.05) is 74.5 Å². The van der Waals surface area contributed by atoms with E-state index in [-0.39, 0.29) is 5.41 Å². The molecule has 2 aromatic carbocycles. The van der Waals surface area contributed by atoms with Gasteiger partial charge in [0.1, 0.15) is 0 Å². The summed E-state index contributed by atoms with van der Waals surface area (Å²) in [4.78, 5) is 0. The van der Waals surface area contributed by atoms with Crippen molar-refractivity contribution in [3.8, 4) is 0 Å². The Morgan fingerprint density at radius 2 is 1.39 bits per heavy atom. The summed E-state index contributed by atoms with van der Waals surface area (Å²) in [5.41, 5.74) is 5.75. The van der Waals surface area contributed by atoms with Crippen LogP contribution >= 0.6 is 0 Å². The molecule has 0 amide bonds. The molecule has 1 aliphatic rings.